The van der Waals surface area contributed by atoms with E-state index in [4.69, 9.17) is 0 Å². The van der Waals surface area contributed by atoms with Crippen LogP contribution in [-0.4, -0.2) is 87.7 Å². The highest BCUT2D eigenvalue weighted by molar-refractivity contribution is 6.07. The van der Waals surface area contributed by atoms with Crippen LogP contribution in [-0.2, 0) is 47.9 Å². The summed E-state index contributed by atoms with van der Waals surface area (Å²) in [5, 5.41) is 0. The van der Waals surface area contributed by atoms with Gasteiger partial charge in [0.2, 0.25) is 0 Å². The summed E-state index contributed by atoms with van der Waals surface area (Å²) in [5.74, 6) is -6.05. The van der Waals surface area contributed by atoms with Gasteiger partial charge in [0.25, 0.3) is 0 Å². The summed E-state index contributed by atoms with van der Waals surface area (Å²) in [6.07, 6.45) is -19.4. The highest BCUT2D eigenvalue weighted by Crippen LogP contribution is 2.49. The van der Waals surface area contributed by atoms with Crippen LogP contribution in [0.5, 0.6) is 0 Å². The van der Waals surface area contributed by atoms with Gasteiger partial charge in [-0.2, -0.15) is 39.5 Å². The molecule has 0 N–H and O–H groups in total. The zero-order valence-electron chi connectivity index (χ0n) is 53.9. The van der Waals surface area contributed by atoms with Crippen LogP contribution in [0.1, 0.15) is 257 Å². The maximum absolute atomic E-state index is 14.0. The Hall–Kier alpha value is -4.07. The number of carbonyl (C=O) groups excluding carboxylic acids is 10. The molecule has 0 aliphatic carbocycles. The highest BCUT2D eigenvalue weighted by Gasteiger charge is 2.61. The molecule has 0 aromatic carbocycles. The summed E-state index contributed by atoms with van der Waals surface area (Å²) in [6.45, 7) is 39.1. The Morgan fingerprint density at radius 1 is 0.220 bits per heavy atom. The largest absolute Gasteiger partial charge is 0.401 e. The van der Waals surface area contributed by atoms with Gasteiger partial charge in [-0.25, -0.2) is 8.78 Å². The van der Waals surface area contributed by atoms with Crippen molar-refractivity contribution in [1.29, 1.82) is 0 Å². The number of carbonyl (C=O) groups is 10. The van der Waals surface area contributed by atoms with Crippen LogP contribution < -0.4 is 0 Å². The van der Waals surface area contributed by atoms with E-state index in [2.05, 4.69) is 0 Å². The van der Waals surface area contributed by atoms with Crippen molar-refractivity contribution >= 4 is 57.8 Å². The van der Waals surface area contributed by atoms with Gasteiger partial charge in [0.15, 0.2) is 40.3 Å². The van der Waals surface area contributed by atoms with Gasteiger partial charge in [0, 0.05) is 27.1 Å². The molecule has 82 heavy (non-hydrogen) atoms. The molecule has 0 aliphatic rings. The molecular formula is C61H101F11O10. The summed E-state index contributed by atoms with van der Waals surface area (Å²) in [6, 6.07) is 0. The molecule has 0 aromatic heterocycles. The van der Waals surface area contributed by atoms with E-state index in [0.29, 0.717) is 0 Å². The van der Waals surface area contributed by atoms with Gasteiger partial charge in [0.05, 0.1) is 32.1 Å². The molecule has 21 heteroatoms. The van der Waals surface area contributed by atoms with Crippen molar-refractivity contribution in [1.82, 2.24) is 0 Å². The zero-order valence-corrected chi connectivity index (χ0v) is 53.9. The topological polar surface area (TPSA) is 171 Å². The molecule has 0 fully saturated rings. The van der Waals surface area contributed by atoms with Gasteiger partial charge in [-0.1, -0.05) is 159 Å². The number of alkyl halides is 11. The second-order valence-electron chi connectivity index (χ2n) is 26.4. The van der Waals surface area contributed by atoms with E-state index in [9.17, 15) is 96.2 Å². The smallest absolute Gasteiger partial charge is 0.299 e. The average Bonchev–Trinajstić information content (AvgIpc) is 3.29. The van der Waals surface area contributed by atoms with Crippen LogP contribution in [0.2, 0.25) is 0 Å². The molecule has 0 rings (SSSR count). The van der Waals surface area contributed by atoms with Crippen LogP contribution in [0, 0.1) is 43.3 Å². The van der Waals surface area contributed by atoms with Gasteiger partial charge in [-0.3, -0.25) is 47.9 Å². The number of rotatable bonds is 23. The third kappa shape index (κ3) is 26.5. The fourth-order valence-corrected chi connectivity index (χ4v) is 6.78. The van der Waals surface area contributed by atoms with Crippen LogP contribution in [0.25, 0.3) is 0 Å². The SMILES string of the molecule is CC(C)(C)C(=O)CC(=O)C(C)(C)C.CC(C)(C)C(=O)CC(=O)C(C)(C)C.CC(C)(C)C(=O)CC(=O)C(C)(C)C(F)(F)F.CCC(CC)(C(=O)CC(=O)C(CC)(CC)C(F)(F)F)C(F)(F)F.CCC(F)(CC)C(=O)CC(=O)C(F)(CC)CC. The molecule has 0 radical (unpaired) electrons. The summed E-state index contributed by atoms with van der Waals surface area (Å²) < 4.78 is 145. The van der Waals surface area contributed by atoms with E-state index in [-0.39, 0.29) is 61.7 Å². The highest BCUT2D eigenvalue weighted by atomic mass is 19.4. The normalized spacial score (nSPS) is 13.3. The molecule has 0 saturated carbocycles. The Bertz CT molecular complexity index is 1960. The molecular weight excluding hydrogens is 1100 g/mol. The third-order valence-corrected chi connectivity index (χ3v) is 15.0. The molecule has 0 aliphatic heterocycles. The minimum absolute atomic E-state index is 0.0208. The molecule has 0 bridgehead atoms. The Kier molecular flexibility index (Phi) is 34.3. The Labute approximate surface area is 482 Å². The number of Topliss-reactive ketones (excluding diaryl/α,β-unsaturated/α-hetero) is 10. The fraction of sp³-hybridized carbons (Fsp3) is 0.836. The van der Waals surface area contributed by atoms with Crippen molar-refractivity contribution in [3.8, 4) is 0 Å². The molecule has 0 amide bonds. The van der Waals surface area contributed by atoms with Gasteiger partial charge < -0.3 is 0 Å². The molecule has 0 heterocycles. The summed E-state index contributed by atoms with van der Waals surface area (Å²) in [4.78, 5) is 116. The minimum Gasteiger partial charge on any atom is -0.299 e. The maximum atomic E-state index is 14.0. The third-order valence-electron chi connectivity index (χ3n) is 15.0. The molecule has 0 aromatic rings. The van der Waals surface area contributed by atoms with E-state index < -0.39 is 153 Å². The van der Waals surface area contributed by atoms with E-state index in [0.717, 1.165) is 41.5 Å². The molecule has 0 saturated heterocycles. The van der Waals surface area contributed by atoms with Crippen LogP contribution in [0.15, 0.2) is 0 Å². The maximum Gasteiger partial charge on any atom is 0.401 e. The van der Waals surface area contributed by atoms with Crippen molar-refractivity contribution in [3.63, 3.8) is 0 Å². The number of hydrogen-bond acceptors (Lipinski definition) is 10. The van der Waals surface area contributed by atoms with Crippen LogP contribution in [0.3, 0.4) is 0 Å². The zero-order chi connectivity index (χ0) is 67.5. The molecule has 482 valence electrons. The van der Waals surface area contributed by atoms with Gasteiger partial charge in [-0.05, 0) is 65.2 Å². The van der Waals surface area contributed by atoms with Crippen molar-refractivity contribution in [2.45, 2.75) is 286 Å². The van der Waals surface area contributed by atoms with Gasteiger partial charge in [0.1, 0.15) is 45.2 Å². The molecule has 0 spiro atoms. The number of ketones is 10. The second-order valence-corrected chi connectivity index (χ2v) is 26.4. The lowest BCUT2D eigenvalue weighted by atomic mass is 9.71. The van der Waals surface area contributed by atoms with Crippen molar-refractivity contribution in [2.75, 3.05) is 0 Å². The predicted octanol–water partition coefficient (Wildman–Crippen LogP) is 17.2. The first kappa shape index (κ1) is 86.7. The van der Waals surface area contributed by atoms with Crippen molar-refractivity contribution in [3.05, 3.63) is 0 Å². The van der Waals surface area contributed by atoms with Crippen molar-refractivity contribution < 1.29 is 96.2 Å². The first-order chi connectivity index (χ1) is 36.0. The Morgan fingerprint density at radius 3 is 0.512 bits per heavy atom. The van der Waals surface area contributed by atoms with Crippen LogP contribution in [0.4, 0.5) is 48.3 Å². The van der Waals surface area contributed by atoms with E-state index in [1.807, 2.05) is 83.1 Å². The molecule has 0 unspecified atom stereocenters. The molecule has 10 nitrogen and oxygen atoms in total. The average molecular weight is 1200 g/mol. The van der Waals surface area contributed by atoms with Crippen molar-refractivity contribution in [2.24, 2.45) is 43.3 Å². The quantitative estimate of drug-likeness (QED) is 0.0708. The predicted molar refractivity (Wildman–Crippen MR) is 297 cm³/mol. The lowest BCUT2D eigenvalue weighted by Gasteiger charge is -2.35. The fourth-order valence-electron chi connectivity index (χ4n) is 6.78. The Balaban J connectivity index is -0.000000306. The number of hydrogen-bond donors (Lipinski definition) is 0. The summed E-state index contributed by atoms with van der Waals surface area (Å²) in [7, 11) is 0. The van der Waals surface area contributed by atoms with Gasteiger partial charge in [-0.15, -0.1) is 0 Å². The van der Waals surface area contributed by atoms with Gasteiger partial charge >= 0.3 is 18.5 Å². The lowest BCUT2D eigenvalue weighted by Crippen LogP contribution is -2.49. The minimum atomic E-state index is -4.91. The van der Waals surface area contributed by atoms with E-state index >= 15 is 0 Å². The first-order valence-electron chi connectivity index (χ1n) is 27.9. The van der Waals surface area contributed by atoms with E-state index in [1.165, 1.54) is 0 Å². The lowest BCUT2D eigenvalue weighted by molar-refractivity contribution is -0.227. The summed E-state index contributed by atoms with van der Waals surface area (Å²) >= 11 is 0. The first-order valence-corrected chi connectivity index (χ1v) is 27.9. The summed E-state index contributed by atoms with van der Waals surface area (Å²) in [5.41, 5.74) is -14.4. The second kappa shape index (κ2) is 32.4. The monoisotopic (exact) mass is 1200 g/mol. The molecule has 0 atom stereocenters. The van der Waals surface area contributed by atoms with Crippen LogP contribution >= 0.6 is 0 Å². The van der Waals surface area contributed by atoms with E-state index in [1.54, 1.807) is 48.5 Å². The standard InChI is InChI=1S/C15H22F6O2.C13H22F2O2.C11H17F3O2.2C11H20O2/c1-5-12(6-2,14(16,17)18)10(22)9-11(23)13(7-3,8-4)15(19,20)21;1-5-12(14,6-2)10(16)9-11(17)13(15,7-3)8-4;1-9(2,3)7(15)6-8(16)10(4,5)11(12,13)14;2*1-10(2,3)8(12)7-9(13)11(4,5)6/h5-9H2,1-4H3;5-9H2,1-4H3;6H2,1-5H3;2*7H2,1-6H3. The Morgan fingerprint density at radius 2 is 0.378 bits per heavy atom. The number of halogens is 11.